The molecule has 0 spiro atoms. The third-order valence-corrected chi connectivity index (χ3v) is 5.32. The maximum absolute atomic E-state index is 12.4. The molecule has 3 rings (SSSR count). The van der Waals surface area contributed by atoms with Gasteiger partial charge < -0.3 is 10.2 Å². The minimum atomic E-state index is 0.217. The molecular weight excluding hydrogens is 244 g/mol. The molecule has 4 heteroatoms. The van der Waals surface area contributed by atoms with E-state index in [9.17, 15) is 4.79 Å². The summed E-state index contributed by atoms with van der Waals surface area (Å²) < 4.78 is 0. The fourth-order valence-corrected chi connectivity index (χ4v) is 3.86. The molecule has 1 amide bonds. The summed E-state index contributed by atoms with van der Waals surface area (Å²) in [5.41, 5.74) is 0.878. The Hall–Kier alpha value is -0.870. The minimum Gasteiger partial charge on any atom is -0.337 e. The lowest BCUT2D eigenvalue weighted by molar-refractivity contribution is 0.0783. The van der Waals surface area contributed by atoms with E-state index in [1.807, 2.05) is 10.3 Å². The molecule has 2 fully saturated rings. The van der Waals surface area contributed by atoms with Gasteiger partial charge in [-0.3, -0.25) is 4.79 Å². The van der Waals surface area contributed by atoms with Crippen LogP contribution in [0.3, 0.4) is 0 Å². The molecule has 2 saturated heterocycles. The first-order valence-electron chi connectivity index (χ1n) is 6.76. The summed E-state index contributed by atoms with van der Waals surface area (Å²) in [4.78, 5) is 15.7. The summed E-state index contributed by atoms with van der Waals surface area (Å²) in [7, 11) is 0. The molecular formula is C14H20N2OS. The predicted molar refractivity (Wildman–Crippen MR) is 74.2 cm³/mol. The molecule has 2 aliphatic rings. The number of rotatable bonds is 2. The van der Waals surface area contributed by atoms with Crippen LogP contribution in [0.5, 0.6) is 0 Å². The average molecular weight is 264 g/mol. The van der Waals surface area contributed by atoms with Crippen LogP contribution in [0.2, 0.25) is 0 Å². The molecule has 18 heavy (non-hydrogen) atoms. The highest BCUT2D eigenvalue weighted by atomic mass is 32.1. The number of nitrogens with zero attached hydrogens (tertiary/aromatic N) is 1. The number of carbonyl (C=O) groups excluding carboxylic acids is 1. The van der Waals surface area contributed by atoms with Crippen molar-refractivity contribution in [3.05, 3.63) is 21.9 Å². The summed E-state index contributed by atoms with van der Waals surface area (Å²) in [5, 5.41) is 5.50. The van der Waals surface area contributed by atoms with Gasteiger partial charge in [-0.1, -0.05) is 13.8 Å². The molecule has 3 nitrogen and oxygen atoms in total. The second-order valence-corrected chi connectivity index (χ2v) is 6.65. The lowest BCUT2D eigenvalue weighted by Gasteiger charge is -2.16. The van der Waals surface area contributed by atoms with E-state index in [0.29, 0.717) is 17.9 Å². The molecule has 0 radical (unpaired) electrons. The Balaban J connectivity index is 1.71. The van der Waals surface area contributed by atoms with Crippen LogP contribution in [-0.4, -0.2) is 36.5 Å². The summed E-state index contributed by atoms with van der Waals surface area (Å²) in [6.45, 7) is 7.28. The number of carbonyl (C=O) groups is 1. The Labute approximate surface area is 112 Å². The number of fused-ring (bicyclic) bond motifs is 1. The fraction of sp³-hybridized carbons (Fsp3) is 0.643. The number of nitrogens with one attached hydrogen (secondary N) is 1. The molecule has 3 heterocycles. The Morgan fingerprint density at radius 2 is 2.33 bits per heavy atom. The first-order chi connectivity index (χ1) is 8.65. The van der Waals surface area contributed by atoms with Crippen molar-refractivity contribution in [1.29, 1.82) is 0 Å². The van der Waals surface area contributed by atoms with Crippen molar-refractivity contribution in [2.45, 2.75) is 32.2 Å². The zero-order valence-corrected chi connectivity index (χ0v) is 11.8. The summed E-state index contributed by atoms with van der Waals surface area (Å²) in [6, 6.07) is 2.61. The third-order valence-electron chi connectivity index (χ3n) is 4.09. The van der Waals surface area contributed by atoms with E-state index in [1.165, 1.54) is 11.3 Å². The van der Waals surface area contributed by atoms with Gasteiger partial charge in [-0.05, 0) is 30.9 Å². The van der Waals surface area contributed by atoms with E-state index in [4.69, 9.17) is 0 Å². The van der Waals surface area contributed by atoms with Gasteiger partial charge in [0.05, 0.1) is 5.56 Å². The van der Waals surface area contributed by atoms with Crippen molar-refractivity contribution in [3.8, 4) is 0 Å². The van der Waals surface area contributed by atoms with Gasteiger partial charge in [-0.15, -0.1) is 11.3 Å². The van der Waals surface area contributed by atoms with Crippen molar-refractivity contribution < 1.29 is 4.79 Å². The van der Waals surface area contributed by atoms with Crippen molar-refractivity contribution in [2.75, 3.05) is 19.6 Å². The van der Waals surface area contributed by atoms with Crippen molar-refractivity contribution in [3.63, 3.8) is 0 Å². The van der Waals surface area contributed by atoms with Crippen LogP contribution in [0.15, 0.2) is 11.4 Å². The van der Waals surface area contributed by atoms with Crippen LogP contribution in [-0.2, 0) is 0 Å². The van der Waals surface area contributed by atoms with Crippen LogP contribution < -0.4 is 5.32 Å². The van der Waals surface area contributed by atoms with E-state index in [0.717, 1.165) is 25.2 Å². The number of likely N-dealkylation sites (tertiary alicyclic amines) is 1. The van der Waals surface area contributed by atoms with Crippen molar-refractivity contribution in [1.82, 2.24) is 10.2 Å². The maximum Gasteiger partial charge on any atom is 0.254 e. The van der Waals surface area contributed by atoms with Gasteiger partial charge in [0.15, 0.2) is 0 Å². The van der Waals surface area contributed by atoms with Gasteiger partial charge in [-0.25, -0.2) is 0 Å². The standard InChI is InChI=1S/C14H20N2OS/c1-9(2)13-5-11(8-18-13)14(17)16-6-10-3-4-15-12(10)7-16/h5,8-10,12,15H,3-4,6-7H2,1-2H3/t10-,12+/m0/s1. The Morgan fingerprint density at radius 3 is 3.00 bits per heavy atom. The first-order valence-corrected chi connectivity index (χ1v) is 7.64. The molecule has 1 N–H and O–H groups in total. The minimum absolute atomic E-state index is 0.217. The molecule has 0 aromatic carbocycles. The highest BCUT2D eigenvalue weighted by Gasteiger charge is 2.38. The van der Waals surface area contributed by atoms with Crippen LogP contribution in [0.1, 0.15) is 41.4 Å². The Bertz CT molecular complexity index is 442. The van der Waals surface area contributed by atoms with Gasteiger partial charge in [-0.2, -0.15) is 0 Å². The van der Waals surface area contributed by atoms with Gasteiger partial charge >= 0.3 is 0 Å². The summed E-state index contributed by atoms with van der Waals surface area (Å²) >= 11 is 1.70. The van der Waals surface area contributed by atoms with E-state index < -0.39 is 0 Å². The van der Waals surface area contributed by atoms with Gasteiger partial charge in [0.25, 0.3) is 5.91 Å². The topological polar surface area (TPSA) is 32.3 Å². The van der Waals surface area contributed by atoms with Crippen molar-refractivity contribution in [2.24, 2.45) is 5.92 Å². The second-order valence-electron chi connectivity index (χ2n) is 5.71. The molecule has 1 aromatic rings. The van der Waals surface area contributed by atoms with Crippen LogP contribution >= 0.6 is 11.3 Å². The van der Waals surface area contributed by atoms with Crippen LogP contribution in [0, 0.1) is 5.92 Å². The molecule has 98 valence electrons. The second kappa shape index (κ2) is 4.67. The van der Waals surface area contributed by atoms with Crippen LogP contribution in [0.4, 0.5) is 0 Å². The molecule has 0 aliphatic carbocycles. The number of hydrogen-bond acceptors (Lipinski definition) is 3. The molecule has 0 bridgehead atoms. The summed E-state index contributed by atoms with van der Waals surface area (Å²) in [5.74, 6) is 1.41. The first kappa shape index (κ1) is 12.2. The maximum atomic E-state index is 12.4. The number of thiophene rings is 1. The van der Waals surface area contributed by atoms with E-state index in [1.54, 1.807) is 11.3 Å². The normalized spacial score (nSPS) is 26.9. The Morgan fingerprint density at radius 1 is 1.50 bits per heavy atom. The van der Waals surface area contributed by atoms with Gasteiger partial charge in [0, 0.05) is 29.4 Å². The lowest BCUT2D eigenvalue weighted by Crippen LogP contribution is -2.33. The lowest BCUT2D eigenvalue weighted by atomic mass is 10.1. The average Bonchev–Trinajstić information content (AvgIpc) is 3.02. The van der Waals surface area contributed by atoms with Gasteiger partial charge in [0.2, 0.25) is 0 Å². The largest absolute Gasteiger partial charge is 0.337 e. The fourth-order valence-electron chi connectivity index (χ4n) is 2.97. The zero-order chi connectivity index (χ0) is 12.7. The predicted octanol–water partition coefficient (Wildman–Crippen LogP) is 2.31. The molecule has 0 unspecified atom stereocenters. The highest BCUT2D eigenvalue weighted by Crippen LogP contribution is 2.28. The monoisotopic (exact) mass is 264 g/mol. The van der Waals surface area contributed by atoms with E-state index in [-0.39, 0.29) is 5.91 Å². The molecule has 0 saturated carbocycles. The number of amides is 1. The van der Waals surface area contributed by atoms with Gasteiger partial charge in [0.1, 0.15) is 0 Å². The Kier molecular flexibility index (Phi) is 3.16. The van der Waals surface area contributed by atoms with Crippen LogP contribution in [0.25, 0.3) is 0 Å². The molecule has 1 aromatic heterocycles. The molecule has 2 aliphatic heterocycles. The molecule has 2 atom stereocenters. The SMILES string of the molecule is CC(C)c1cc(C(=O)N2C[C@@H]3CCN[C@@H]3C2)cs1. The van der Waals surface area contributed by atoms with E-state index >= 15 is 0 Å². The van der Waals surface area contributed by atoms with Crippen molar-refractivity contribution >= 4 is 17.2 Å². The quantitative estimate of drug-likeness (QED) is 0.889. The zero-order valence-electron chi connectivity index (χ0n) is 11.0. The summed E-state index contributed by atoms with van der Waals surface area (Å²) in [6.07, 6.45) is 1.22. The number of hydrogen-bond donors (Lipinski definition) is 1. The third kappa shape index (κ3) is 2.08. The highest BCUT2D eigenvalue weighted by molar-refractivity contribution is 7.10. The smallest absolute Gasteiger partial charge is 0.254 e. The van der Waals surface area contributed by atoms with E-state index in [2.05, 4.69) is 25.2 Å².